The number of carboxylic acids is 1. The van der Waals surface area contributed by atoms with Gasteiger partial charge in [0.25, 0.3) is 0 Å². The third-order valence-corrected chi connectivity index (χ3v) is 2.03. The molecule has 0 rings (SSSR count). The highest BCUT2D eigenvalue weighted by atomic mass is 19.3. The topological polar surface area (TPSA) is 40.5 Å². The van der Waals surface area contributed by atoms with Gasteiger partial charge in [-0.3, -0.25) is 4.90 Å². The summed E-state index contributed by atoms with van der Waals surface area (Å²) in [6.45, 7) is 6.69. The third-order valence-electron chi connectivity index (χ3n) is 2.03. The standard InChI is InChI=1S/C9H17F2NO2/c1-5-12(8(2,3)4)6-9(10,11)7(13)14/h5-6H2,1-4H3,(H,13,14). The molecule has 84 valence electrons. The van der Waals surface area contributed by atoms with Crippen molar-refractivity contribution in [2.45, 2.75) is 39.2 Å². The molecule has 0 bridgehead atoms. The highest BCUT2D eigenvalue weighted by Crippen LogP contribution is 2.21. The predicted molar refractivity (Wildman–Crippen MR) is 49.6 cm³/mol. The molecule has 0 spiro atoms. The molecule has 0 unspecified atom stereocenters. The zero-order chi connectivity index (χ0) is 11.6. The number of halogens is 2. The molecule has 0 atom stereocenters. The van der Waals surface area contributed by atoms with Crippen LogP contribution in [0.5, 0.6) is 0 Å². The molecule has 5 heteroatoms. The molecule has 0 aliphatic rings. The summed E-state index contributed by atoms with van der Waals surface area (Å²) in [6, 6.07) is 0. The number of alkyl halides is 2. The molecule has 3 nitrogen and oxygen atoms in total. The summed E-state index contributed by atoms with van der Waals surface area (Å²) < 4.78 is 25.7. The second kappa shape index (κ2) is 4.21. The summed E-state index contributed by atoms with van der Waals surface area (Å²) >= 11 is 0. The molecule has 0 saturated heterocycles. The van der Waals surface area contributed by atoms with Crippen molar-refractivity contribution < 1.29 is 18.7 Å². The fourth-order valence-electron chi connectivity index (χ4n) is 1.13. The molecule has 0 saturated carbocycles. The summed E-state index contributed by atoms with van der Waals surface area (Å²) in [6.07, 6.45) is 0. The summed E-state index contributed by atoms with van der Waals surface area (Å²) in [4.78, 5) is 11.7. The van der Waals surface area contributed by atoms with Gasteiger partial charge in [-0.05, 0) is 27.3 Å². The Balaban J connectivity index is 4.55. The maximum Gasteiger partial charge on any atom is 0.375 e. The number of nitrogens with zero attached hydrogens (tertiary/aromatic N) is 1. The van der Waals surface area contributed by atoms with Gasteiger partial charge in [-0.15, -0.1) is 0 Å². The van der Waals surface area contributed by atoms with Crippen LogP contribution in [0, 0.1) is 0 Å². The Bertz CT molecular complexity index is 211. The van der Waals surface area contributed by atoms with Crippen molar-refractivity contribution in [2.75, 3.05) is 13.1 Å². The third kappa shape index (κ3) is 3.57. The highest BCUT2D eigenvalue weighted by molar-refractivity contribution is 5.75. The Hall–Kier alpha value is -0.710. The maximum absolute atomic E-state index is 12.9. The Morgan fingerprint density at radius 2 is 1.79 bits per heavy atom. The molecule has 0 aliphatic carbocycles. The van der Waals surface area contributed by atoms with Crippen molar-refractivity contribution >= 4 is 5.97 Å². The van der Waals surface area contributed by atoms with Crippen LogP contribution in [0.25, 0.3) is 0 Å². The zero-order valence-electron chi connectivity index (χ0n) is 8.97. The van der Waals surface area contributed by atoms with Gasteiger partial charge < -0.3 is 5.11 Å². The van der Waals surface area contributed by atoms with Gasteiger partial charge in [0.1, 0.15) is 0 Å². The van der Waals surface area contributed by atoms with Crippen LogP contribution in [0.15, 0.2) is 0 Å². The van der Waals surface area contributed by atoms with Gasteiger partial charge in [0, 0.05) is 5.54 Å². The van der Waals surface area contributed by atoms with Crippen LogP contribution < -0.4 is 0 Å². The van der Waals surface area contributed by atoms with Crippen LogP contribution in [0.2, 0.25) is 0 Å². The first-order valence-electron chi connectivity index (χ1n) is 4.47. The van der Waals surface area contributed by atoms with E-state index >= 15 is 0 Å². The van der Waals surface area contributed by atoms with Crippen LogP contribution in [-0.4, -0.2) is 40.5 Å². The SMILES string of the molecule is CCN(CC(F)(F)C(=O)O)C(C)(C)C. The summed E-state index contributed by atoms with van der Waals surface area (Å²) in [5.74, 6) is -5.75. The van der Waals surface area contributed by atoms with Crippen LogP contribution in [0.3, 0.4) is 0 Å². The summed E-state index contributed by atoms with van der Waals surface area (Å²) in [5.41, 5.74) is -0.451. The highest BCUT2D eigenvalue weighted by Gasteiger charge is 2.42. The van der Waals surface area contributed by atoms with Gasteiger partial charge in [-0.2, -0.15) is 8.78 Å². The minimum absolute atomic E-state index is 0.395. The monoisotopic (exact) mass is 209 g/mol. The smallest absolute Gasteiger partial charge is 0.375 e. The van der Waals surface area contributed by atoms with Crippen LogP contribution in [-0.2, 0) is 4.79 Å². The van der Waals surface area contributed by atoms with E-state index in [-0.39, 0.29) is 0 Å². The van der Waals surface area contributed by atoms with E-state index in [1.807, 2.05) is 0 Å². The Morgan fingerprint density at radius 3 is 2.00 bits per heavy atom. The largest absolute Gasteiger partial charge is 0.477 e. The Labute approximate surface area is 82.7 Å². The van der Waals surface area contributed by atoms with Crippen molar-refractivity contribution in [1.82, 2.24) is 4.90 Å². The molecular weight excluding hydrogens is 192 g/mol. The lowest BCUT2D eigenvalue weighted by Gasteiger charge is -2.35. The zero-order valence-corrected chi connectivity index (χ0v) is 8.97. The average Bonchev–Trinajstić information content (AvgIpc) is 1.97. The average molecular weight is 209 g/mol. The molecule has 0 aliphatic heterocycles. The second-order valence-corrected chi connectivity index (χ2v) is 4.19. The minimum Gasteiger partial charge on any atom is -0.477 e. The Morgan fingerprint density at radius 1 is 1.36 bits per heavy atom. The first-order valence-corrected chi connectivity index (χ1v) is 4.47. The van der Waals surface area contributed by atoms with E-state index < -0.39 is 24.0 Å². The normalized spacial score (nSPS) is 13.4. The van der Waals surface area contributed by atoms with E-state index in [9.17, 15) is 13.6 Å². The van der Waals surface area contributed by atoms with Gasteiger partial charge in [0.15, 0.2) is 0 Å². The van der Waals surface area contributed by atoms with Gasteiger partial charge in [0.05, 0.1) is 6.54 Å². The molecule has 0 aromatic heterocycles. The van der Waals surface area contributed by atoms with Gasteiger partial charge in [0.2, 0.25) is 0 Å². The van der Waals surface area contributed by atoms with E-state index in [2.05, 4.69) is 0 Å². The van der Waals surface area contributed by atoms with Crippen molar-refractivity contribution in [3.8, 4) is 0 Å². The Kier molecular flexibility index (Phi) is 4.00. The number of carbonyl (C=O) groups is 1. The van der Waals surface area contributed by atoms with E-state index in [1.54, 1.807) is 27.7 Å². The molecule has 0 aromatic rings. The minimum atomic E-state index is -3.68. The number of carboxylic acid groups (broad SMARTS) is 1. The quantitative estimate of drug-likeness (QED) is 0.767. The number of hydrogen-bond donors (Lipinski definition) is 1. The maximum atomic E-state index is 12.9. The second-order valence-electron chi connectivity index (χ2n) is 4.19. The van der Waals surface area contributed by atoms with Gasteiger partial charge >= 0.3 is 11.9 Å². The number of rotatable bonds is 4. The van der Waals surface area contributed by atoms with Gasteiger partial charge in [-0.1, -0.05) is 6.92 Å². The lowest BCUT2D eigenvalue weighted by molar-refractivity contribution is -0.169. The summed E-state index contributed by atoms with van der Waals surface area (Å²) in [5, 5.41) is 8.27. The molecule has 14 heavy (non-hydrogen) atoms. The number of hydrogen-bond acceptors (Lipinski definition) is 2. The van der Waals surface area contributed by atoms with Crippen LogP contribution in [0.1, 0.15) is 27.7 Å². The lowest BCUT2D eigenvalue weighted by atomic mass is 10.1. The van der Waals surface area contributed by atoms with Crippen molar-refractivity contribution in [3.05, 3.63) is 0 Å². The molecule has 0 fully saturated rings. The van der Waals surface area contributed by atoms with E-state index in [0.717, 1.165) is 0 Å². The lowest BCUT2D eigenvalue weighted by Crippen LogP contribution is -2.50. The van der Waals surface area contributed by atoms with E-state index in [4.69, 9.17) is 5.11 Å². The fourth-order valence-corrected chi connectivity index (χ4v) is 1.13. The van der Waals surface area contributed by atoms with Crippen molar-refractivity contribution in [3.63, 3.8) is 0 Å². The molecular formula is C9H17F2NO2. The molecule has 0 heterocycles. The van der Waals surface area contributed by atoms with E-state index in [1.165, 1.54) is 4.90 Å². The van der Waals surface area contributed by atoms with E-state index in [0.29, 0.717) is 6.54 Å². The molecule has 0 amide bonds. The first-order chi connectivity index (χ1) is 6.11. The summed E-state index contributed by atoms with van der Waals surface area (Å²) in [7, 11) is 0. The van der Waals surface area contributed by atoms with Gasteiger partial charge in [-0.25, -0.2) is 4.79 Å². The number of aliphatic carboxylic acids is 1. The van der Waals surface area contributed by atoms with Crippen LogP contribution >= 0.6 is 0 Å². The fraction of sp³-hybridized carbons (Fsp3) is 0.889. The van der Waals surface area contributed by atoms with Crippen LogP contribution in [0.4, 0.5) is 8.78 Å². The molecule has 1 N–H and O–H groups in total. The first kappa shape index (κ1) is 13.3. The molecule has 0 aromatic carbocycles. The van der Waals surface area contributed by atoms with Crippen molar-refractivity contribution in [1.29, 1.82) is 0 Å². The molecule has 0 radical (unpaired) electrons. The predicted octanol–water partition coefficient (Wildman–Crippen LogP) is 1.83. The van der Waals surface area contributed by atoms with Crippen molar-refractivity contribution in [2.24, 2.45) is 0 Å².